The van der Waals surface area contributed by atoms with Crippen LogP contribution in [0.25, 0.3) is 11.1 Å². The number of carbonyl (C=O) groups is 2. The molecule has 2 fully saturated rings. The number of rotatable bonds is 22. The Labute approximate surface area is 320 Å². The second-order valence-corrected chi connectivity index (χ2v) is 15.5. The smallest absolute Gasteiger partial charge is 0.305 e. The minimum absolute atomic E-state index is 0.0103. The maximum atomic E-state index is 13.2. The number of amides is 1. The lowest BCUT2D eigenvalue weighted by atomic mass is 9.85. The van der Waals surface area contributed by atoms with Crippen LogP contribution in [0.5, 0.6) is 5.75 Å². The summed E-state index contributed by atoms with van der Waals surface area (Å²) in [4.78, 5) is 31.9. The van der Waals surface area contributed by atoms with Crippen LogP contribution in [0.15, 0.2) is 65.8 Å². The summed E-state index contributed by atoms with van der Waals surface area (Å²) in [6, 6.07) is 16.3. The molecule has 11 nitrogen and oxygen atoms in total. The number of hydrogen-bond donors (Lipinski definition) is 5. The first-order valence-corrected chi connectivity index (χ1v) is 19.8. The monoisotopic (exact) mass is 770 g/mol. The number of aromatic nitrogens is 1. The molecule has 0 radical (unpaired) electrons. The van der Waals surface area contributed by atoms with Crippen LogP contribution < -0.4 is 4.74 Å². The minimum atomic E-state index is -2.04. The molecule has 0 aliphatic heterocycles. The third kappa shape index (κ3) is 11.2. The van der Waals surface area contributed by atoms with Crippen LogP contribution in [0.1, 0.15) is 69.4 Å². The molecule has 2 aromatic carbocycles. The van der Waals surface area contributed by atoms with Crippen LogP contribution in [0.3, 0.4) is 0 Å². The van der Waals surface area contributed by atoms with E-state index in [1.54, 1.807) is 18.7 Å². The number of benzene rings is 2. The van der Waals surface area contributed by atoms with Crippen LogP contribution in [0.4, 0.5) is 0 Å². The lowest BCUT2D eigenvalue weighted by Crippen LogP contribution is -2.53. The van der Waals surface area contributed by atoms with E-state index in [-0.39, 0.29) is 38.0 Å². The molecule has 0 unspecified atom stereocenters. The lowest BCUT2D eigenvalue weighted by molar-refractivity contribution is -0.158. The predicted octanol–water partition coefficient (Wildman–Crippen LogP) is 4.70. The molecule has 0 saturated heterocycles. The van der Waals surface area contributed by atoms with Gasteiger partial charge < -0.3 is 39.9 Å². The Morgan fingerprint density at radius 2 is 1.77 bits per heavy atom. The normalized spacial score (nSPS) is 17.0. The van der Waals surface area contributed by atoms with Crippen molar-refractivity contribution in [1.82, 2.24) is 9.88 Å². The molecule has 0 bridgehead atoms. The lowest BCUT2D eigenvalue weighted by Gasteiger charge is -2.30. The van der Waals surface area contributed by atoms with Crippen molar-refractivity contribution in [1.29, 1.82) is 0 Å². The SMILES string of the molecule is CCOC(=O)CCCN(CCCSc1ccc(Cl)c(CCC2(c3cnccc3-c3ccccc3OC3CC3)CC2)c1)C(=O)[C@@H](O)[C@@H](O)[C@H](O)[C@@H](O)CO. The first kappa shape index (κ1) is 40.9. The number of ether oxygens (including phenoxy) is 2. The number of para-hydroxylation sites is 1. The number of aryl methyl sites for hydroxylation is 1. The van der Waals surface area contributed by atoms with E-state index in [4.69, 9.17) is 26.2 Å². The van der Waals surface area contributed by atoms with E-state index < -0.39 is 42.9 Å². The fourth-order valence-electron chi connectivity index (χ4n) is 6.50. The van der Waals surface area contributed by atoms with Crippen molar-refractivity contribution in [3.8, 4) is 16.9 Å². The van der Waals surface area contributed by atoms with Crippen molar-refractivity contribution >= 4 is 35.2 Å². The first-order valence-electron chi connectivity index (χ1n) is 18.5. The van der Waals surface area contributed by atoms with Crippen molar-refractivity contribution in [3.05, 3.63) is 77.1 Å². The summed E-state index contributed by atoms with van der Waals surface area (Å²) >= 11 is 8.33. The number of thioether (sulfide) groups is 1. The Kier molecular flexibility index (Phi) is 15.0. The molecular formula is C40H51ClN2O9S. The maximum absolute atomic E-state index is 13.2. The van der Waals surface area contributed by atoms with Gasteiger partial charge in [-0.05, 0) is 116 Å². The van der Waals surface area contributed by atoms with Gasteiger partial charge in [-0.15, -0.1) is 11.8 Å². The number of halogens is 1. The summed E-state index contributed by atoms with van der Waals surface area (Å²) < 4.78 is 11.2. The van der Waals surface area contributed by atoms with Crippen molar-refractivity contribution in [2.75, 3.05) is 32.1 Å². The van der Waals surface area contributed by atoms with Crippen molar-refractivity contribution < 1.29 is 44.6 Å². The average molecular weight is 771 g/mol. The third-order valence-corrected chi connectivity index (χ3v) is 11.4. The minimum Gasteiger partial charge on any atom is -0.490 e. The quantitative estimate of drug-likeness (QED) is 0.0546. The molecule has 2 saturated carbocycles. The highest BCUT2D eigenvalue weighted by molar-refractivity contribution is 7.99. The molecule has 5 rings (SSSR count). The second kappa shape index (κ2) is 19.4. The third-order valence-electron chi connectivity index (χ3n) is 9.91. The second-order valence-electron chi connectivity index (χ2n) is 13.9. The van der Waals surface area contributed by atoms with Gasteiger partial charge >= 0.3 is 5.97 Å². The molecule has 0 spiro atoms. The highest BCUT2D eigenvalue weighted by atomic mass is 35.5. The molecule has 1 aromatic heterocycles. The van der Waals surface area contributed by atoms with Gasteiger partial charge in [-0.2, -0.15) is 0 Å². The van der Waals surface area contributed by atoms with Crippen LogP contribution in [-0.4, -0.2) is 110 Å². The number of aliphatic hydroxyl groups excluding tert-OH is 5. The van der Waals surface area contributed by atoms with Crippen molar-refractivity contribution in [3.63, 3.8) is 0 Å². The Hall–Kier alpha value is -3.23. The fraction of sp³-hybridized carbons (Fsp3) is 0.525. The molecule has 13 heteroatoms. The van der Waals surface area contributed by atoms with Crippen LogP contribution in [0.2, 0.25) is 5.02 Å². The molecule has 2 aliphatic rings. The van der Waals surface area contributed by atoms with E-state index in [1.165, 1.54) is 16.0 Å². The van der Waals surface area contributed by atoms with E-state index in [0.717, 1.165) is 60.3 Å². The van der Waals surface area contributed by atoms with Crippen LogP contribution in [0, 0.1) is 0 Å². The molecule has 53 heavy (non-hydrogen) atoms. The number of aliphatic hydroxyl groups is 5. The highest BCUT2D eigenvalue weighted by Crippen LogP contribution is 2.55. The Morgan fingerprint density at radius 3 is 2.49 bits per heavy atom. The predicted molar refractivity (Wildman–Crippen MR) is 203 cm³/mol. The van der Waals surface area contributed by atoms with Crippen LogP contribution >= 0.6 is 23.4 Å². The number of carbonyl (C=O) groups excluding carboxylic acids is 2. The zero-order chi connectivity index (χ0) is 38.0. The van der Waals surface area contributed by atoms with Gasteiger partial charge in [0.1, 0.15) is 24.1 Å². The van der Waals surface area contributed by atoms with Gasteiger partial charge in [-0.25, -0.2) is 0 Å². The zero-order valence-electron chi connectivity index (χ0n) is 30.1. The zero-order valence-corrected chi connectivity index (χ0v) is 31.7. The van der Waals surface area contributed by atoms with Gasteiger partial charge in [0.15, 0.2) is 6.10 Å². The largest absolute Gasteiger partial charge is 0.490 e. The van der Waals surface area contributed by atoms with Gasteiger partial charge in [-0.1, -0.05) is 29.8 Å². The molecule has 288 valence electrons. The van der Waals surface area contributed by atoms with Gasteiger partial charge in [0.2, 0.25) is 0 Å². The van der Waals surface area contributed by atoms with Crippen molar-refractivity contribution in [2.45, 2.75) is 106 Å². The topological polar surface area (TPSA) is 170 Å². The Morgan fingerprint density at radius 1 is 1.02 bits per heavy atom. The summed E-state index contributed by atoms with van der Waals surface area (Å²) in [5.74, 6) is 0.279. The van der Waals surface area contributed by atoms with E-state index in [2.05, 4.69) is 29.2 Å². The first-order chi connectivity index (χ1) is 25.6. The molecule has 4 atom stereocenters. The maximum Gasteiger partial charge on any atom is 0.305 e. The summed E-state index contributed by atoms with van der Waals surface area (Å²) in [5, 5.41) is 50.4. The Balaban J connectivity index is 1.19. The van der Waals surface area contributed by atoms with E-state index >= 15 is 0 Å². The summed E-state index contributed by atoms with van der Waals surface area (Å²) in [5.41, 5.74) is 4.58. The fourth-order valence-corrected chi connectivity index (χ4v) is 7.61. The van der Waals surface area contributed by atoms with Gasteiger partial charge in [0.25, 0.3) is 5.91 Å². The molecule has 1 amide bonds. The number of pyridine rings is 1. The molecular weight excluding hydrogens is 720 g/mol. The standard InChI is InChI=1S/C40H51ClN2O9S/c1-2-51-35(46)9-5-20-43(39(50)38(49)37(48)36(47)33(45)25-44)21-6-22-53-28-12-13-32(41)26(23-28)14-16-40(17-18-40)31-24-42-19-15-29(31)30-7-3-4-8-34(30)52-27-10-11-27/h3-4,7-8,12-13,15,19,23-24,27,33,36-38,44-45,47-49H,2,5-6,9-11,14,16-18,20-22,25H2,1H3/t33-,36+,37-,38-/m0/s1. The van der Waals surface area contributed by atoms with Crippen molar-refractivity contribution in [2.24, 2.45) is 0 Å². The summed E-state index contributed by atoms with van der Waals surface area (Å²) in [6.45, 7) is 1.40. The molecule has 3 aromatic rings. The number of hydrogen-bond acceptors (Lipinski definition) is 11. The van der Waals surface area contributed by atoms with Crippen LogP contribution in [-0.2, 0) is 26.2 Å². The average Bonchev–Trinajstić information content (AvgIpc) is 4.12. The van der Waals surface area contributed by atoms with E-state index in [1.807, 2.05) is 36.7 Å². The van der Waals surface area contributed by atoms with Gasteiger partial charge in [-0.3, -0.25) is 14.6 Å². The molecule has 1 heterocycles. The summed E-state index contributed by atoms with van der Waals surface area (Å²) in [7, 11) is 0. The summed E-state index contributed by atoms with van der Waals surface area (Å²) in [6.07, 6.45) is 3.35. The Bertz CT molecular complexity index is 1670. The molecule has 5 N–H and O–H groups in total. The van der Waals surface area contributed by atoms with Gasteiger partial charge in [0.05, 0.1) is 19.3 Å². The van der Waals surface area contributed by atoms with E-state index in [0.29, 0.717) is 23.3 Å². The highest BCUT2D eigenvalue weighted by Gasteiger charge is 2.45. The number of nitrogens with zero attached hydrogens (tertiary/aromatic N) is 2. The van der Waals surface area contributed by atoms with Gasteiger partial charge in [0, 0.05) is 47.4 Å². The van der Waals surface area contributed by atoms with E-state index in [9.17, 15) is 30.0 Å². The number of esters is 1. The molecule has 2 aliphatic carbocycles.